The number of alkyl carbamates (subject to hydrolysis) is 1. The molecule has 0 spiro atoms. The first kappa shape index (κ1) is 17.6. The number of carbonyl (C=O) groups is 1. The molecule has 128 valence electrons. The van der Waals surface area contributed by atoms with E-state index < -0.39 is 5.60 Å². The Bertz CT molecular complexity index is 542. The van der Waals surface area contributed by atoms with Crippen LogP contribution in [0.4, 0.5) is 14.9 Å². The minimum atomic E-state index is -0.481. The second kappa shape index (κ2) is 7.20. The number of hydrogen-bond acceptors (Lipinski definition) is 3. The zero-order valence-corrected chi connectivity index (χ0v) is 14.4. The monoisotopic (exact) mass is 322 g/mol. The van der Waals surface area contributed by atoms with Crippen LogP contribution < -0.4 is 10.2 Å². The highest BCUT2D eigenvalue weighted by Crippen LogP contribution is 2.27. The van der Waals surface area contributed by atoms with Crippen LogP contribution in [-0.4, -0.2) is 30.8 Å². The molecule has 1 aromatic carbocycles. The van der Waals surface area contributed by atoms with Crippen molar-refractivity contribution in [2.45, 2.75) is 52.2 Å². The Balaban J connectivity index is 1.80. The number of anilines is 1. The predicted octanol–water partition coefficient (Wildman–Crippen LogP) is 3.96. The van der Waals surface area contributed by atoms with Crippen LogP contribution >= 0.6 is 0 Å². The summed E-state index contributed by atoms with van der Waals surface area (Å²) in [5.41, 5.74) is 0.450. The molecule has 2 atom stereocenters. The fourth-order valence-electron chi connectivity index (χ4n) is 3.00. The number of hydrogen-bond donors (Lipinski definition) is 1. The molecule has 0 aliphatic carbocycles. The van der Waals surface area contributed by atoms with Gasteiger partial charge in [0.1, 0.15) is 11.4 Å². The van der Waals surface area contributed by atoms with Crippen LogP contribution in [0.3, 0.4) is 0 Å². The van der Waals surface area contributed by atoms with E-state index in [9.17, 15) is 9.18 Å². The minimum Gasteiger partial charge on any atom is -0.444 e. The molecule has 1 aliphatic heterocycles. The maximum absolute atomic E-state index is 13.3. The summed E-state index contributed by atoms with van der Waals surface area (Å²) < 4.78 is 18.6. The summed E-state index contributed by atoms with van der Waals surface area (Å²) in [6.07, 6.45) is 1.58. The lowest BCUT2D eigenvalue weighted by Crippen LogP contribution is -2.38. The van der Waals surface area contributed by atoms with E-state index in [0.29, 0.717) is 5.92 Å². The Morgan fingerprint density at radius 2 is 2.22 bits per heavy atom. The summed E-state index contributed by atoms with van der Waals surface area (Å²) >= 11 is 0. The number of ether oxygens (including phenoxy) is 1. The molecule has 1 heterocycles. The second-order valence-electron chi connectivity index (χ2n) is 7.36. The maximum atomic E-state index is 13.3. The number of benzene rings is 1. The highest BCUT2D eigenvalue weighted by atomic mass is 19.1. The van der Waals surface area contributed by atoms with Crippen molar-refractivity contribution in [2.24, 2.45) is 5.92 Å². The molecule has 1 aliphatic rings. The molecular formula is C18H27FN2O2. The van der Waals surface area contributed by atoms with Crippen LogP contribution in [-0.2, 0) is 4.74 Å². The summed E-state index contributed by atoms with van der Waals surface area (Å²) in [6, 6.07) is 6.77. The molecule has 1 aromatic rings. The lowest BCUT2D eigenvalue weighted by Gasteiger charge is -2.23. The van der Waals surface area contributed by atoms with Gasteiger partial charge in [-0.2, -0.15) is 0 Å². The third-order valence-corrected chi connectivity index (χ3v) is 3.91. The first-order valence-electron chi connectivity index (χ1n) is 8.23. The van der Waals surface area contributed by atoms with Crippen LogP contribution in [0, 0.1) is 11.7 Å². The third-order valence-electron chi connectivity index (χ3n) is 3.91. The molecule has 2 rings (SSSR count). The molecular weight excluding hydrogens is 295 g/mol. The topological polar surface area (TPSA) is 41.6 Å². The first-order chi connectivity index (χ1) is 10.7. The summed E-state index contributed by atoms with van der Waals surface area (Å²) in [5, 5.41) is 2.89. The minimum absolute atomic E-state index is 0.0577. The number of rotatable bonds is 4. The van der Waals surface area contributed by atoms with E-state index in [1.165, 1.54) is 6.07 Å². The Kier molecular flexibility index (Phi) is 5.50. The molecule has 1 saturated heterocycles. The van der Waals surface area contributed by atoms with Crippen molar-refractivity contribution in [3.63, 3.8) is 0 Å². The SMILES string of the molecule is CC(CC1CCN(c2cccc(F)c2)C1)NC(=O)OC(C)(C)C. The fourth-order valence-corrected chi connectivity index (χ4v) is 3.00. The maximum Gasteiger partial charge on any atom is 0.407 e. The van der Waals surface area contributed by atoms with E-state index >= 15 is 0 Å². The number of nitrogens with one attached hydrogen (secondary N) is 1. The highest BCUT2D eigenvalue weighted by molar-refractivity contribution is 5.68. The highest BCUT2D eigenvalue weighted by Gasteiger charge is 2.25. The molecule has 1 amide bonds. The third kappa shape index (κ3) is 5.73. The van der Waals surface area contributed by atoms with Crippen LogP contribution in [0.1, 0.15) is 40.5 Å². The average Bonchev–Trinajstić information content (AvgIpc) is 2.84. The zero-order valence-electron chi connectivity index (χ0n) is 14.4. The average molecular weight is 322 g/mol. The van der Waals surface area contributed by atoms with E-state index in [4.69, 9.17) is 4.74 Å². The molecule has 0 saturated carbocycles. The number of carbonyl (C=O) groups excluding carboxylic acids is 1. The van der Waals surface area contributed by atoms with Crippen LogP contribution in [0.5, 0.6) is 0 Å². The van der Waals surface area contributed by atoms with Crippen LogP contribution in [0.25, 0.3) is 0 Å². The van der Waals surface area contributed by atoms with Crippen molar-refractivity contribution < 1.29 is 13.9 Å². The molecule has 1 fully saturated rings. The summed E-state index contributed by atoms with van der Waals surface area (Å²) in [5.74, 6) is 0.286. The fraction of sp³-hybridized carbons (Fsp3) is 0.611. The largest absolute Gasteiger partial charge is 0.444 e. The van der Waals surface area contributed by atoms with Gasteiger partial charge in [0.05, 0.1) is 0 Å². The van der Waals surface area contributed by atoms with Gasteiger partial charge in [-0.15, -0.1) is 0 Å². The summed E-state index contributed by atoms with van der Waals surface area (Å²) in [4.78, 5) is 14.0. The van der Waals surface area contributed by atoms with Gasteiger partial charge in [-0.05, 0) is 64.7 Å². The molecule has 2 unspecified atom stereocenters. The van der Waals surface area contributed by atoms with Gasteiger partial charge in [0.25, 0.3) is 0 Å². The van der Waals surface area contributed by atoms with Crippen LogP contribution in [0.15, 0.2) is 24.3 Å². The van der Waals surface area contributed by atoms with Gasteiger partial charge in [0, 0.05) is 24.8 Å². The van der Waals surface area contributed by atoms with Crippen molar-refractivity contribution >= 4 is 11.8 Å². The molecule has 0 bridgehead atoms. The summed E-state index contributed by atoms with van der Waals surface area (Å²) in [7, 11) is 0. The number of nitrogens with zero attached hydrogens (tertiary/aromatic N) is 1. The smallest absolute Gasteiger partial charge is 0.407 e. The Morgan fingerprint density at radius 1 is 1.48 bits per heavy atom. The van der Waals surface area contributed by atoms with E-state index in [2.05, 4.69) is 10.2 Å². The van der Waals surface area contributed by atoms with Gasteiger partial charge >= 0.3 is 6.09 Å². The summed E-state index contributed by atoms with van der Waals surface area (Å²) in [6.45, 7) is 9.37. The molecule has 4 nitrogen and oxygen atoms in total. The lowest BCUT2D eigenvalue weighted by molar-refractivity contribution is 0.0503. The van der Waals surface area contributed by atoms with Crippen molar-refractivity contribution in [1.82, 2.24) is 5.32 Å². The van der Waals surface area contributed by atoms with Gasteiger partial charge in [-0.3, -0.25) is 0 Å². The Morgan fingerprint density at radius 3 is 2.87 bits per heavy atom. The zero-order chi connectivity index (χ0) is 17.0. The number of amides is 1. The molecule has 0 aromatic heterocycles. The van der Waals surface area contributed by atoms with E-state index in [-0.39, 0.29) is 18.0 Å². The quantitative estimate of drug-likeness (QED) is 0.912. The van der Waals surface area contributed by atoms with Gasteiger partial charge in [-0.25, -0.2) is 9.18 Å². The van der Waals surface area contributed by atoms with Crippen molar-refractivity contribution in [2.75, 3.05) is 18.0 Å². The van der Waals surface area contributed by atoms with E-state index in [1.54, 1.807) is 12.1 Å². The number of halogens is 1. The Labute approximate surface area is 138 Å². The standard InChI is InChI=1S/C18H27FN2O2/c1-13(20-17(22)23-18(2,3)4)10-14-8-9-21(12-14)16-7-5-6-15(19)11-16/h5-7,11,13-14H,8-10,12H2,1-4H3,(H,20,22). The molecule has 5 heteroatoms. The van der Waals surface area contributed by atoms with Gasteiger partial charge in [0.15, 0.2) is 0 Å². The van der Waals surface area contributed by atoms with Crippen molar-refractivity contribution in [3.8, 4) is 0 Å². The molecule has 23 heavy (non-hydrogen) atoms. The van der Waals surface area contributed by atoms with Gasteiger partial charge in [0.2, 0.25) is 0 Å². The van der Waals surface area contributed by atoms with Crippen molar-refractivity contribution in [3.05, 3.63) is 30.1 Å². The Hall–Kier alpha value is -1.78. The van der Waals surface area contributed by atoms with Crippen molar-refractivity contribution in [1.29, 1.82) is 0 Å². The normalized spacial score (nSPS) is 19.5. The second-order valence-corrected chi connectivity index (χ2v) is 7.36. The van der Waals surface area contributed by atoms with Crippen LogP contribution in [0.2, 0.25) is 0 Å². The van der Waals surface area contributed by atoms with E-state index in [0.717, 1.165) is 31.6 Å². The van der Waals surface area contributed by atoms with E-state index in [1.807, 2.05) is 33.8 Å². The predicted molar refractivity (Wildman–Crippen MR) is 90.2 cm³/mol. The lowest BCUT2D eigenvalue weighted by atomic mass is 10.0. The molecule has 1 N–H and O–H groups in total. The van der Waals surface area contributed by atoms with Gasteiger partial charge in [-0.1, -0.05) is 6.07 Å². The first-order valence-corrected chi connectivity index (χ1v) is 8.23. The van der Waals surface area contributed by atoms with Gasteiger partial charge < -0.3 is 15.0 Å². The molecule has 0 radical (unpaired) electrons.